The second-order valence-electron chi connectivity index (χ2n) is 6.65. The highest BCUT2D eigenvalue weighted by molar-refractivity contribution is 7.22. The molecule has 6 nitrogen and oxygen atoms in total. The van der Waals surface area contributed by atoms with Gasteiger partial charge >= 0.3 is 0 Å². The lowest BCUT2D eigenvalue weighted by atomic mass is 10.1. The Morgan fingerprint density at radius 2 is 1.93 bits per heavy atom. The number of likely N-dealkylation sites (tertiary alicyclic amines) is 1. The first-order valence-electron chi connectivity index (χ1n) is 9.03. The number of carbonyl (C=O) groups excluding carboxylic acids is 1. The minimum atomic E-state index is -0.109. The number of rotatable bonds is 5. The van der Waals surface area contributed by atoms with Crippen LogP contribution in [0.5, 0.6) is 11.5 Å². The van der Waals surface area contributed by atoms with Crippen molar-refractivity contribution in [2.45, 2.75) is 12.5 Å². The molecule has 1 aliphatic heterocycles. The van der Waals surface area contributed by atoms with Gasteiger partial charge < -0.3 is 19.7 Å². The molecule has 0 aliphatic carbocycles. The Hall–Kier alpha value is -2.22. The zero-order valence-corrected chi connectivity index (χ0v) is 18.2. The lowest BCUT2D eigenvalue weighted by Crippen LogP contribution is -2.32. The predicted octanol–water partition coefficient (Wildman–Crippen LogP) is 4.95. The first-order valence-corrected chi connectivity index (χ1v) is 10.6. The van der Waals surface area contributed by atoms with Crippen molar-refractivity contribution >= 4 is 55.8 Å². The topological polar surface area (TPSA) is 63.7 Å². The van der Waals surface area contributed by atoms with Crippen LogP contribution in [0.25, 0.3) is 10.2 Å². The van der Waals surface area contributed by atoms with Crippen LogP contribution in [0.4, 0.5) is 5.13 Å². The van der Waals surface area contributed by atoms with E-state index in [0.29, 0.717) is 40.2 Å². The number of hydrogen-bond acceptors (Lipinski definition) is 6. The van der Waals surface area contributed by atoms with Crippen molar-refractivity contribution in [3.63, 3.8) is 0 Å². The highest BCUT2D eigenvalue weighted by Gasteiger charge is 2.31. The average Bonchev–Trinajstić information content (AvgIpc) is 3.37. The lowest BCUT2D eigenvalue weighted by molar-refractivity contribution is 0.0784. The van der Waals surface area contributed by atoms with Gasteiger partial charge in [0.15, 0.2) is 5.13 Å². The van der Waals surface area contributed by atoms with E-state index in [-0.39, 0.29) is 11.9 Å². The molecule has 0 bridgehead atoms. The molecule has 3 aromatic rings. The molecule has 4 rings (SSSR count). The van der Waals surface area contributed by atoms with E-state index in [1.165, 1.54) is 11.3 Å². The molecule has 1 saturated heterocycles. The molecular weight excluding hydrogens is 433 g/mol. The van der Waals surface area contributed by atoms with Gasteiger partial charge in [-0.25, -0.2) is 4.98 Å². The maximum Gasteiger partial charge on any atom is 0.261 e. The normalized spacial score (nSPS) is 16.3. The molecule has 9 heteroatoms. The molecule has 0 unspecified atom stereocenters. The number of thiazole rings is 1. The van der Waals surface area contributed by atoms with Gasteiger partial charge in [-0.05, 0) is 30.7 Å². The summed E-state index contributed by atoms with van der Waals surface area (Å²) in [5.74, 6) is 0.898. The van der Waals surface area contributed by atoms with Gasteiger partial charge in [-0.3, -0.25) is 4.79 Å². The van der Waals surface area contributed by atoms with Gasteiger partial charge in [0.1, 0.15) is 17.1 Å². The molecule has 1 atom stereocenters. The number of carbonyl (C=O) groups is 1. The highest BCUT2D eigenvalue weighted by Crippen LogP contribution is 2.37. The lowest BCUT2D eigenvalue weighted by Gasteiger charge is -2.20. The summed E-state index contributed by atoms with van der Waals surface area (Å²) in [5.41, 5.74) is 1.25. The molecule has 2 aromatic carbocycles. The maximum atomic E-state index is 13.1. The first-order chi connectivity index (χ1) is 14.0. The van der Waals surface area contributed by atoms with Gasteiger partial charge in [-0.2, -0.15) is 0 Å². The van der Waals surface area contributed by atoms with Crippen LogP contribution in [-0.4, -0.2) is 49.1 Å². The maximum absolute atomic E-state index is 13.1. The molecule has 2 heterocycles. The second-order valence-corrected chi connectivity index (χ2v) is 8.43. The molecule has 1 amide bonds. The van der Waals surface area contributed by atoms with E-state index in [4.69, 9.17) is 32.7 Å². The van der Waals surface area contributed by atoms with Gasteiger partial charge in [0.05, 0.1) is 34.5 Å². The monoisotopic (exact) mass is 451 g/mol. The summed E-state index contributed by atoms with van der Waals surface area (Å²) in [7, 11) is 3.09. The molecule has 29 heavy (non-hydrogen) atoms. The molecular formula is C20H19Cl2N3O3S. The van der Waals surface area contributed by atoms with Gasteiger partial charge in [0.2, 0.25) is 0 Å². The Bertz CT molecular complexity index is 1050. The fourth-order valence-corrected chi connectivity index (χ4v) is 4.92. The predicted molar refractivity (Wildman–Crippen MR) is 117 cm³/mol. The Morgan fingerprint density at radius 3 is 2.62 bits per heavy atom. The first kappa shape index (κ1) is 20.1. The minimum absolute atomic E-state index is 0.0921. The van der Waals surface area contributed by atoms with E-state index in [2.05, 4.69) is 10.3 Å². The Kier molecular flexibility index (Phi) is 5.72. The quantitative estimate of drug-likeness (QED) is 0.594. The molecule has 1 fully saturated rings. The van der Waals surface area contributed by atoms with Crippen LogP contribution in [-0.2, 0) is 0 Å². The Morgan fingerprint density at radius 1 is 1.21 bits per heavy atom. The summed E-state index contributed by atoms with van der Waals surface area (Å²) in [5, 5.41) is 5.21. The zero-order valence-electron chi connectivity index (χ0n) is 15.9. The third-order valence-corrected chi connectivity index (χ3v) is 6.83. The molecule has 1 aliphatic rings. The van der Waals surface area contributed by atoms with E-state index in [0.717, 1.165) is 21.8 Å². The van der Waals surface area contributed by atoms with Crippen LogP contribution >= 0.6 is 34.5 Å². The van der Waals surface area contributed by atoms with Crippen molar-refractivity contribution in [1.29, 1.82) is 0 Å². The second kappa shape index (κ2) is 8.26. The van der Waals surface area contributed by atoms with E-state index >= 15 is 0 Å². The minimum Gasteiger partial charge on any atom is -0.496 e. The van der Waals surface area contributed by atoms with Crippen LogP contribution in [0.3, 0.4) is 0 Å². The molecule has 1 aromatic heterocycles. The van der Waals surface area contributed by atoms with Crippen LogP contribution in [0, 0.1) is 0 Å². The van der Waals surface area contributed by atoms with Crippen LogP contribution < -0.4 is 14.8 Å². The standard InChI is InChI=1S/C20H19Cl2N3O3S/c1-27-14-4-3-5-15(28-2)16(14)19(26)25-9-8-11(10-25)23-20-24-13-7-6-12(21)17(22)18(13)29-20/h3-7,11H,8-10H2,1-2H3,(H,23,24)/t11-/m1/s1. The van der Waals surface area contributed by atoms with Gasteiger partial charge in [0.25, 0.3) is 5.91 Å². The average molecular weight is 452 g/mol. The molecule has 0 spiro atoms. The fourth-order valence-electron chi connectivity index (χ4n) is 3.45. The Labute approximate surface area is 182 Å². The number of aromatic nitrogens is 1. The SMILES string of the molecule is COc1cccc(OC)c1C(=O)N1CC[C@@H](Nc2nc3ccc(Cl)c(Cl)c3s2)C1. The van der Waals surface area contributed by atoms with E-state index in [9.17, 15) is 4.79 Å². The van der Waals surface area contributed by atoms with Crippen LogP contribution in [0.1, 0.15) is 16.8 Å². The van der Waals surface area contributed by atoms with Crippen molar-refractivity contribution in [2.24, 2.45) is 0 Å². The number of benzene rings is 2. The summed E-state index contributed by atoms with van der Waals surface area (Å²) in [4.78, 5) is 19.5. The van der Waals surface area contributed by atoms with Crippen molar-refractivity contribution < 1.29 is 14.3 Å². The van der Waals surface area contributed by atoms with Gasteiger partial charge in [-0.1, -0.05) is 40.6 Å². The number of amides is 1. The van der Waals surface area contributed by atoms with Crippen LogP contribution in [0.2, 0.25) is 10.0 Å². The fraction of sp³-hybridized carbons (Fsp3) is 0.300. The van der Waals surface area contributed by atoms with Crippen molar-refractivity contribution in [2.75, 3.05) is 32.6 Å². The molecule has 0 radical (unpaired) electrons. The number of hydrogen-bond donors (Lipinski definition) is 1. The van der Waals surface area contributed by atoms with Crippen molar-refractivity contribution in [3.05, 3.63) is 45.9 Å². The summed E-state index contributed by atoms with van der Waals surface area (Å²) in [6.45, 7) is 1.19. The highest BCUT2D eigenvalue weighted by atomic mass is 35.5. The number of methoxy groups -OCH3 is 2. The van der Waals surface area contributed by atoms with Crippen molar-refractivity contribution in [3.8, 4) is 11.5 Å². The molecule has 152 valence electrons. The van der Waals surface area contributed by atoms with Crippen molar-refractivity contribution in [1.82, 2.24) is 9.88 Å². The molecule has 1 N–H and O–H groups in total. The summed E-state index contributed by atoms with van der Waals surface area (Å²) in [6, 6.07) is 9.01. The molecule has 0 saturated carbocycles. The van der Waals surface area contributed by atoms with Gasteiger partial charge in [-0.15, -0.1) is 0 Å². The number of fused-ring (bicyclic) bond motifs is 1. The summed E-state index contributed by atoms with van der Waals surface area (Å²) >= 11 is 13.8. The smallest absolute Gasteiger partial charge is 0.261 e. The third-order valence-electron chi connectivity index (χ3n) is 4.89. The summed E-state index contributed by atoms with van der Waals surface area (Å²) < 4.78 is 11.6. The van der Waals surface area contributed by atoms with Gasteiger partial charge in [0, 0.05) is 19.1 Å². The van der Waals surface area contributed by atoms with Crippen LogP contribution in [0.15, 0.2) is 30.3 Å². The third kappa shape index (κ3) is 3.82. The number of halogens is 2. The number of nitrogens with one attached hydrogen (secondary N) is 1. The number of anilines is 1. The van der Waals surface area contributed by atoms with E-state index in [1.54, 1.807) is 43.4 Å². The zero-order chi connectivity index (χ0) is 20.5. The number of ether oxygens (including phenoxy) is 2. The largest absolute Gasteiger partial charge is 0.496 e. The van der Waals surface area contributed by atoms with E-state index in [1.807, 2.05) is 6.07 Å². The number of nitrogens with zero attached hydrogens (tertiary/aromatic N) is 2. The summed E-state index contributed by atoms with van der Waals surface area (Å²) in [6.07, 6.45) is 0.813. The Balaban J connectivity index is 1.50. The van der Waals surface area contributed by atoms with E-state index < -0.39 is 0 Å².